The van der Waals surface area contributed by atoms with Gasteiger partial charge in [0.15, 0.2) is 22.8 Å². The summed E-state index contributed by atoms with van der Waals surface area (Å²) in [5.41, 5.74) is 21.5. The number of hydrogen-bond acceptors (Lipinski definition) is 8. The van der Waals surface area contributed by atoms with Crippen LogP contribution in [0.1, 0.15) is 155 Å². The summed E-state index contributed by atoms with van der Waals surface area (Å²) in [6, 6.07) is 50.3. The quantitative estimate of drug-likeness (QED) is 0.175. The van der Waals surface area contributed by atoms with Crippen LogP contribution in [0.5, 0.6) is 17.2 Å². The third-order valence-corrected chi connectivity index (χ3v) is 17.0. The molecule has 0 aliphatic heterocycles. The Labute approximate surface area is 505 Å². The Kier molecular flexibility index (Phi) is 16.7. The Bertz CT molecular complexity index is 4450. The standard InChI is InChI=1S/C26H26O3.C26H24O3.C26H24O2/c2*1-14-6-8-18(9-7-14)23-22-17(4)10-15(2)11-19(22)26(28)24-20(25(23)27)12-16(3)13-21(24)29-5;1-15-6-8-19(9-7-15)21-14-20-18(4)10-16(2)12-23(20)26(27)25-22(21)11-17(3)13-24(25)28-5/h6-13,23,25,27H,1-5H3;6-13,23H,1-5H3;6-14H,1-5H3/t23-,25-;23-;/m11./s1. The number of carbonyl (C=O) groups excluding carboxylic acids is 3. The molecule has 2 aliphatic rings. The molecule has 0 aromatic heterocycles. The summed E-state index contributed by atoms with van der Waals surface area (Å²) in [6.07, 6.45) is -0.854. The van der Waals surface area contributed by atoms with Crippen LogP contribution in [-0.2, 0) is 0 Å². The predicted octanol–water partition coefficient (Wildman–Crippen LogP) is 17.1. The van der Waals surface area contributed by atoms with Gasteiger partial charge in [0.05, 0.1) is 49.9 Å². The Morgan fingerprint density at radius 3 is 1.37 bits per heavy atom. The number of benzene rings is 9. The normalized spacial score (nSPS) is 15.0. The summed E-state index contributed by atoms with van der Waals surface area (Å²) in [4.78, 5) is 54.9. The number of fused-ring (bicyclic) bond motifs is 6. The van der Waals surface area contributed by atoms with Crippen molar-refractivity contribution in [3.05, 3.63) is 284 Å². The van der Waals surface area contributed by atoms with E-state index in [1.54, 1.807) is 14.2 Å². The monoisotopic (exact) mass is 1140 g/mol. The highest BCUT2D eigenvalue weighted by atomic mass is 16.5. The van der Waals surface area contributed by atoms with Crippen molar-refractivity contribution >= 4 is 38.9 Å². The first-order chi connectivity index (χ1) is 41.0. The molecule has 12 rings (SSSR count). The van der Waals surface area contributed by atoms with Crippen molar-refractivity contribution in [2.75, 3.05) is 21.3 Å². The zero-order valence-corrected chi connectivity index (χ0v) is 52.0. The van der Waals surface area contributed by atoms with Crippen LogP contribution >= 0.6 is 0 Å². The molecule has 0 fully saturated rings. The molecule has 0 radical (unpaired) electrons. The summed E-state index contributed by atoms with van der Waals surface area (Å²) < 4.78 is 16.7. The lowest BCUT2D eigenvalue weighted by atomic mass is 9.80. The van der Waals surface area contributed by atoms with E-state index < -0.39 is 12.0 Å². The molecule has 0 heterocycles. The van der Waals surface area contributed by atoms with Crippen molar-refractivity contribution in [3.63, 3.8) is 0 Å². The van der Waals surface area contributed by atoms with Crippen LogP contribution in [-0.4, -0.2) is 43.8 Å². The summed E-state index contributed by atoms with van der Waals surface area (Å²) in [5, 5.41) is 14.9. The first-order valence-electron chi connectivity index (χ1n) is 29.2. The van der Waals surface area contributed by atoms with Crippen LogP contribution in [0.25, 0.3) is 32.7 Å². The summed E-state index contributed by atoms with van der Waals surface area (Å²) >= 11 is 0. The van der Waals surface area contributed by atoms with Gasteiger partial charge in [0, 0.05) is 28.0 Å². The fraction of sp³-hybridized carbons (Fsp3) is 0.231. The Hall–Kier alpha value is -9.24. The molecule has 0 spiro atoms. The molecule has 0 bridgehead atoms. The van der Waals surface area contributed by atoms with E-state index in [-0.39, 0.29) is 28.7 Å². The molecule has 8 heteroatoms. The number of rotatable bonds is 6. The van der Waals surface area contributed by atoms with E-state index in [1.807, 2.05) is 148 Å². The SMILES string of the molecule is COc1cc(C)cc2c(-c3ccc(C)cc3)cc3c(C)cc(C)cc3c(=O)c12.COc1cc(C)cc2c1C(=O)c1cc(C)cc(C)c1[C@@H](c1ccc(C)cc1)C2=O.COc1cc(C)cc2c1C(=O)c1cc(C)cc(C)c1[C@@H](c1ccc(C)cc1)[C@@H]2O. The number of ketones is 3. The second-order valence-corrected chi connectivity index (χ2v) is 23.8. The van der Waals surface area contributed by atoms with E-state index in [0.29, 0.717) is 56.0 Å². The molecule has 0 unspecified atom stereocenters. The van der Waals surface area contributed by atoms with Gasteiger partial charge in [-0.3, -0.25) is 19.2 Å². The molecule has 3 atom stereocenters. The third kappa shape index (κ3) is 11.2. The molecule has 86 heavy (non-hydrogen) atoms. The smallest absolute Gasteiger partial charge is 0.198 e. The molecule has 2 aliphatic carbocycles. The third-order valence-electron chi connectivity index (χ3n) is 17.0. The van der Waals surface area contributed by atoms with Gasteiger partial charge in [0.2, 0.25) is 0 Å². The van der Waals surface area contributed by atoms with Gasteiger partial charge in [0.1, 0.15) is 17.2 Å². The maximum Gasteiger partial charge on any atom is 0.198 e. The topological polar surface area (TPSA) is 116 Å². The fourth-order valence-electron chi connectivity index (χ4n) is 13.0. The second-order valence-electron chi connectivity index (χ2n) is 23.8. The molecule has 8 nitrogen and oxygen atoms in total. The van der Waals surface area contributed by atoms with Crippen molar-refractivity contribution < 1.29 is 33.7 Å². The average Bonchev–Trinajstić information content (AvgIpc) is 2.68. The first kappa shape index (κ1) is 59.9. The van der Waals surface area contributed by atoms with E-state index in [4.69, 9.17) is 14.2 Å². The predicted molar refractivity (Wildman–Crippen MR) is 348 cm³/mol. The van der Waals surface area contributed by atoms with Crippen LogP contribution in [0, 0.1) is 83.1 Å². The number of aliphatic hydroxyl groups is 1. The van der Waals surface area contributed by atoms with Crippen LogP contribution in [0.4, 0.5) is 0 Å². The highest BCUT2D eigenvalue weighted by molar-refractivity contribution is 6.23. The number of carbonyl (C=O) groups is 3. The zero-order chi connectivity index (χ0) is 61.7. The highest BCUT2D eigenvalue weighted by Gasteiger charge is 2.40. The lowest BCUT2D eigenvalue weighted by molar-refractivity contribution is 0.0967. The molecule has 1 N–H and O–H groups in total. The molecule has 0 amide bonds. The van der Waals surface area contributed by atoms with Gasteiger partial charge in [-0.25, -0.2) is 0 Å². The zero-order valence-electron chi connectivity index (χ0n) is 52.0. The molecule has 0 saturated carbocycles. The fourth-order valence-corrected chi connectivity index (χ4v) is 13.0. The molecule has 434 valence electrons. The number of Topliss-reactive ketones (excluding diaryl/α,β-unsaturated/α-hetero) is 1. The van der Waals surface area contributed by atoms with Crippen molar-refractivity contribution in [2.24, 2.45) is 0 Å². The minimum absolute atomic E-state index is 0.0204. The van der Waals surface area contributed by atoms with Gasteiger partial charge in [0.25, 0.3) is 0 Å². The van der Waals surface area contributed by atoms with Gasteiger partial charge in [-0.15, -0.1) is 0 Å². The van der Waals surface area contributed by atoms with Gasteiger partial charge >= 0.3 is 0 Å². The maximum absolute atomic E-state index is 13.9. The number of methoxy groups -OCH3 is 3. The molecular weight excluding hydrogens is 1060 g/mol. The van der Waals surface area contributed by atoms with E-state index in [9.17, 15) is 24.3 Å². The van der Waals surface area contributed by atoms with Crippen LogP contribution in [0.15, 0.2) is 156 Å². The van der Waals surface area contributed by atoms with Crippen molar-refractivity contribution in [1.82, 2.24) is 0 Å². The van der Waals surface area contributed by atoms with Crippen molar-refractivity contribution in [3.8, 4) is 28.4 Å². The van der Waals surface area contributed by atoms with Crippen molar-refractivity contribution in [1.29, 1.82) is 0 Å². The Balaban J connectivity index is 0.000000143. The molecule has 0 saturated heterocycles. The van der Waals surface area contributed by atoms with Gasteiger partial charge in [-0.2, -0.15) is 0 Å². The number of aliphatic hydroxyl groups excluding tert-OH is 1. The Morgan fingerprint density at radius 1 is 0.360 bits per heavy atom. The van der Waals surface area contributed by atoms with E-state index >= 15 is 0 Å². The highest BCUT2D eigenvalue weighted by Crippen LogP contribution is 2.48. The summed E-state index contributed by atoms with van der Waals surface area (Å²) in [6.45, 7) is 24.1. The number of ether oxygens (including phenoxy) is 3. The largest absolute Gasteiger partial charge is 0.496 e. The average molecular weight is 1140 g/mol. The lowest BCUT2D eigenvalue weighted by Gasteiger charge is -2.26. The van der Waals surface area contributed by atoms with Crippen LogP contribution in [0.2, 0.25) is 0 Å². The van der Waals surface area contributed by atoms with Gasteiger partial charge in [-0.1, -0.05) is 137 Å². The molecule has 10 aromatic carbocycles. The van der Waals surface area contributed by atoms with Crippen LogP contribution in [0.3, 0.4) is 0 Å². The maximum atomic E-state index is 13.9. The van der Waals surface area contributed by atoms with Gasteiger partial charge in [-0.05, 0) is 215 Å². The number of hydrogen-bond donors (Lipinski definition) is 1. The second kappa shape index (κ2) is 24.0. The minimum Gasteiger partial charge on any atom is -0.496 e. The van der Waals surface area contributed by atoms with E-state index in [2.05, 4.69) is 86.6 Å². The Morgan fingerprint density at radius 2 is 0.791 bits per heavy atom. The van der Waals surface area contributed by atoms with Gasteiger partial charge < -0.3 is 19.3 Å². The first-order valence-corrected chi connectivity index (χ1v) is 29.2. The van der Waals surface area contributed by atoms with E-state index in [1.165, 1.54) is 12.7 Å². The minimum atomic E-state index is -0.854. The number of aryl methyl sites for hydroxylation is 12. The van der Waals surface area contributed by atoms with Crippen molar-refractivity contribution in [2.45, 2.75) is 101 Å². The molecule has 10 aromatic rings. The summed E-state index contributed by atoms with van der Waals surface area (Å²) in [7, 11) is 4.74. The molecular formula is C78H74O8. The summed E-state index contributed by atoms with van der Waals surface area (Å²) in [5.74, 6) is 0.432. The van der Waals surface area contributed by atoms with E-state index in [0.717, 1.165) is 111 Å². The van der Waals surface area contributed by atoms with Crippen LogP contribution < -0.4 is 19.6 Å². The lowest BCUT2D eigenvalue weighted by Crippen LogP contribution is -2.16.